The summed E-state index contributed by atoms with van der Waals surface area (Å²) in [6, 6.07) is 4.91. The predicted molar refractivity (Wildman–Crippen MR) is 72.5 cm³/mol. The molecule has 0 aliphatic carbocycles. The van der Waals surface area contributed by atoms with Crippen LogP contribution in [0.1, 0.15) is 11.5 Å². The van der Waals surface area contributed by atoms with Crippen LogP contribution in [0.2, 0.25) is 0 Å². The van der Waals surface area contributed by atoms with Gasteiger partial charge in [0.2, 0.25) is 6.54 Å². The Bertz CT molecular complexity index is 616. The van der Waals surface area contributed by atoms with E-state index in [9.17, 15) is 20.2 Å². The van der Waals surface area contributed by atoms with Crippen molar-refractivity contribution in [2.24, 2.45) is 0 Å². The van der Waals surface area contributed by atoms with Gasteiger partial charge in [-0.25, -0.2) is 0 Å². The third-order valence-electron chi connectivity index (χ3n) is 2.88. The number of fused-ring (bicyclic) bond motifs is 1. The Morgan fingerprint density at radius 2 is 2.10 bits per heavy atom. The first kappa shape index (κ1) is 14.3. The largest absolute Gasteiger partial charge is 0.435 e. The van der Waals surface area contributed by atoms with E-state index in [-0.39, 0.29) is 11.6 Å². The SMILES string of the molecule is CNC1=C([N+](=O)[O-])C(C[N+](=O)[O-])c2cc(Br)ccc2O1. The van der Waals surface area contributed by atoms with E-state index in [1.54, 1.807) is 18.2 Å². The van der Waals surface area contributed by atoms with E-state index in [0.717, 1.165) is 0 Å². The number of hydrogen-bond donors (Lipinski definition) is 1. The van der Waals surface area contributed by atoms with Gasteiger partial charge in [-0.2, -0.15) is 0 Å². The monoisotopic (exact) mass is 343 g/mol. The molecular formula is C11H10BrN3O5. The van der Waals surface area contributed by atoms with Crippen LogP contribution in [0.3, 0.4) is 0 Å². The summed E-state index contributed by atoms with van der Waals surface area (Å²) in [5.41, 5.74) is 0.0802. The van der Waals surface area contributed by atoms with Crippen molar-refractivity contribution in [2.45, 2.75) is 5.92 Å². The summed E-state index contributed by atoms with van der Waals surface area (Å²) >= 11 is 3.25. The van der Waals surface area contributed by atoms with Crippen LogP contribution in [0, 0.1) is 20.2 Å². The van der Waals surface area contributed by atoms with Crippen LogP contribution in [0.25, 0.3) is 0 Å². The summed E-state index contributed by atoms with van der Waals surface area (Å²) in [6.07, 6.45) is 0. The van der Waals surface area contributed by atoms with E-state index in [0.29, 0.717) is 15.8 Å². The maximum absolute atomic E-state index is 11.2. The van der Waals surface area contributed by atoms with E-state index in [1.807, 2.05) is 0 Å². The van der Waals surface area contributed by atoms with Crippen LogP contribution in [0.5, 0.6) is 5.75 Å². The van der Waals surface area contributed by atoms with Crippen LogP contribution in [0.4, 0.5) is 0 Å². The lowest BCUT2D eigenvalue weighted by molar-refractivity contribution is -0.495. The van der Waals surface area contributed by atoms with Gasteiger partial charge in [-0.1, -0.05) is 15.9 Å². The highest BCUT2D eigenvalue weighted by Gasteiger charge is 2.41. The van der Waals surface area contributed by atoms with Gasteiger partial charge < -0.3 is 10.1 Å². The first-order chi connectivity index (χ1) is 9.43. The third kappa shape index (κ3) is 2.57. The van der Waals surface area contributed by atoms with Crippen molar-refractivity contribution in [3.63, 3.8) is 0 Å². The average molecular weight is 344 g/mol. The topological polar surface area (TPSA) is 108 Å². The second kappa shape index (κ2) is 5.45. The summed E-state index contributed by atoms with van der Waals surface area (Å²) < 4.78 is 6.08. The molecule has 1 aliphatic rings. The highest BCUT2D eigenvalue weighted by Crippen LogP contribution is 2.40. The molecule has 1 atom stereocenters. The Balaban J connectivity index is 2.60. The molecule has 1 aromatic rings. The minimum atomic E-state index is -0.969. The summed E-state index contributed by atoms with van der Waals surface area (Å²) in [7, 11) is 1.46. The Hall–Kier alpha value is -2.16. The molecule has 1 N–H and O–H groups in total. The first-order valence-electron chi connectivity index (χ1n) is 5.59. The minimum absolute atomic E-state index is 0.0725. The molecule has 0 bridgehead atoms. The van der Waals surface area contributed by atoms with Crippen LogP contribution in [0.15, 0.2) is 34.3 Å². The van der Waals surface area contributed by atoms with Crippen LogP contribution >= 0.6 is 15.9 Å². The molecule has 0 aromatic heterocycles. The fourth-order valence-corrected chi connectivity index (χ4v) is 2.45. The number of benzene rings is 1. The van der Waals surface area contributed by atoms with E-state index in [2.05, 4.69) is 21.2 Å². The smallest absolute Gasteiger partial charge is 0.319 e. The quantitative estimate of drug-likeness (QED) is 0.660. The summed E-state index contributed by atoms with van der Waals surface area (Å²) in [6.45, 7) is -0.575. The first-order valence-corrected chi connectivity index (χ1v) is 6.38. The molecule has 0 spiro atoms. The number of nitrogens with zero attached hydrogens (tertiary/aromatic N) is 2. The Morgan fingerprint density at radius 1 is 1.40 bits per heavy atom. The zero-order valence-corrected chi connectivity index (χ0v) is 11.9. The molecule has 20 heavy (non-hydrogen) atoms. The van der Waals surface area contributed by atoms with E-state index in [1.165, 1.54) is 7.05 Å². The minimum Gasteiger partial charge on any atom is -0.435 e. The average Bonchev–Trinajstić information content (AvgIpc) is 2.37. The molecule has 8 nitrogen and oxygen atoms in total. The van der Waals surface area contributed by atoms with Crippen molar-refractivity contribution in [1.29, 1.82) is 0 Å². The number of rotatable bonds is 4. The highest BCUT2D eigenvalue weighted by atomic mass is 79.9. The fourth-order valence-electron chi connectivity index (χ4n) is 2.08. The Labute approximate surface area is 121 Å². The van der Waals surface area contributed by atoms with E-state index < -0.39 is 22.3 Å². The molecule has 1 heterocycles. The van der Waals surface area contributed by atoms with E-state index >= 15 is 0 Å². The Morgan fingerprint density at radius 3 is 2.65 bits per heavy atom. The molecule has 106 valence electrons. The summed E-state index contributed by atoms with van der Waals surface area (Å²) in [5.74, 6) is -0.671. The number of ether oxygens (including phenoxy) is 1. The lowest BCUT2D eigenvalue weighted by Crippen LogP contribution is -2.30. The van der Waals surface area contributed by atoms with Crippen molar-refractivity contribution in [2.75, 3.05) is 13.6 Å². The van der Waals surface area contributed by atoms with Crippen LogP contribution < -0.4 is 10.1 Å². The molecule has 0 radical (unpaired) electrons. The fraction of sp³-hybridized carbons (Fsp3) is 0.273. The molecule has 0 saturated heterocycles. The Kier molecular flexibility index (Phi) is 3.89. The molecular weight excluding hydrogens is 334 g/mol. The van der Waals surface area contributed by atoms with Gasteiger partial charge in [0.25, 0.3) is 5.88 Å². The molecule has 1 unspecified atom stereocenters. The molecule has 1 aliphatic heterocycles. The van der Waals surface area contributed by atoms with Gasteiger partial charge >= 0.3 is 5.70 Å². The number of nitro groups is 2. The molecule has 1 aromatic carbocycles. The van der Waals surface area contributed by atoms with Crippen molar-refractivity contribution in [3.8, 4) is 5.75 Å². The van der Waals surface area contributed by atoms with E-state index in [4.69, 9.17) is 4.74 Å². The van der Waals surface area contributed by atoms with Crippen molar-refractivity contribution in [1.82, 2.24) is 5.32 Å². The van der Waals surface area contributed by atoms with Gasteiger partial charge in [-0.15, -0.1) is 0 Å². The van der Waals surface area contributed by atoms with Gasteiger partial charge in [-0.3, -0.25) is 20.2 Å². The summed E-state index contributed by atoms with van der Waals surface area (Å²) in [4.78, 5) is 20.8. The maximum Gasteiger partial charge on any atom is 0.319 e. The van der Waals surface area contributed by atoms with Gasteiger partial charge in [0, 0.05) is 22.0 Å². The molecule has 0 saturated carbocycles. The van der Waals surface area contributed by atoms with Crippen LogP contribution in [-0.2, 0) is 0 Å². The van der Waals surface area contributed by atoms with Crippen molar-refractivity contribution in [3.05, 3.63) is 60.0 Å². The summed E-state index contributed by atoms with van der Waals surface area (Å²) in [5, 5.41) is 24.6. The van der Waals surface area contributed by atoms with Gasteiger partial charge in [0.1, 0.15) is 11.7 Å². The predicted octanol–water partition coefficient (Wildman–Crippen LogP) is 1.87. The van der Waals surface area contributed by atoms with Gasteiger partial charge in [0.05, 0.1) is 4.92 Å². The van der Waals surface area contributed by atoms with Gasteiger partial charge in [0.15, 0.2) is 0 Å². The lowest BCUT2D eigenvalue weighted by Gasteiger charge is -2.23. The second-order valence-electron chi connectivity index (χ2n) is 4.07. The zero-order valence-electron chi connectivity index (χ0n) is 10.3. The van der Waals surface area contributed by atoms with Crippen LogP contribution in [-0.4, -0.2) is 23.4 Å². The third-order valence-corrected chi connectivity index (χ3v) is 3.37. The molecule has 0 fully saturated rings. The normalized spacial score (nSPS) is 17.2. The number of halogens is 1. The highest BCUT2D eigenvalue weighted by molar-refractivity contribution is 9.10. The molecule has 2 rings (SSSR count). The number of nitrogens with one attached hydrogen (secondary N) is 1. The maximum atomic E-state index is 11.2. The van der Waals surface area contributed by atoms with Crippen molar-refractivity contribution >= 4 is 15.9 Å². The molecule has 0 amide bonds. The molecule has 9 heteroatoms. The van der Waals surface area contributed by atoms with Gasteiger partial charge in [-0.05, 0) is 18.2 Å². The standard InChI is InChI=1S/C11H10BrN3O5/c1-13-11-10(15(18)19)8(5-14(16)17)7-4-6(12)2-3-9(7)20-11/h2-4,8,13H,5H2,1H3. The van der Waals surface area contributed by atoms with Crippen molar-refractivity contribution < 1.29 is 14.6 Å². The lowest BCUT2D eigenvalue weighted by atomic mass is 9.93. The number of hydrogen-bond acceptors (Lipinski definition) is 6. The zero-order chi connectivity index (χ0) is 14.9. The second-order valence-corrected chi connectivity index (χ2v) is 4.99.